The first-order chi connectivity index (χ1) is 17.9. The van der Waals surface area contributed by atoms with Crippen molar-refractivity contribution < 1.29 is 14.6 Å². The molecule has 0 bridgehead atoms. The van der Waals surface area contributed by atoms with Crippen molar-refractivity contribution in [2.45, 2.75) is 176 Å². The van der Waals surface area contributed by atoms with Gasteiger partial charge >= 0.3 is 5.97 Å². The van der Waals surface area contributed by atoms with Crippen LogP contribution in [0.15, 0.2) is 23.3 Å². The molecule has 0 radical (unpaired) electrons. The monoisotopic (exact) mass is 532 g/mol. The van der Waals surface area contributed by atoms with E-state index in [1.54, 1.807) is 0 Å². The Balaban J connectivity index is 2.10. The van der Waals surface area contributed by atoms with Gasteiger partial charge in [0.15, 0.2) is 0 Å². The van der Waals surface area contributed by atoms with Gasteiger partial charge in [-0.05, 0) is 29.2 Å². The van der Waals surface area contributed by atoms with E-state index in [1.807, 2.05) is 6.08 Å². The van der Waals surface area contributed by atoms with Gasteiger partial charge in [0.05, 0.1) is 12.2 Å². The molecule has 1 aliphatic rings. The van der Waals surface area contributed by atoms with Crippen LogP contribution < -0.4 is 0 Å². The lowest BCUT2D eigenvalue weighted by atomic mass is 9.65. The van der Waals surface area contributed by atoms with E-state index in [9.17, 15) is 9.90 Å². The van der Waals surface area contributed by atoms with Gasteiger partial charge in [0.1, 0.15) is 0 Å². The highest BCUT2D eigenvalue weighted by atomic mass is 16.5. The third-order valence-electron chi connectivity index (χ3n) is 8.46. The second-order valence-corrected chi connectivity index (χ2v) is 14.0. The molecule has 0 aromatic heterocycles. The number of rotatable bonds is 20. The lowest BCUT2D eigenvalue weighted by Crippen LogP contribution is -2.44. The molecule has 1 aliphatic carbocycles. The summed E-state index contributed by atoms with van der Waals surface area (Å²) in [5.41, 5.74) is 1.30. The lowest BCUT2D eigenvalue weighted by molar-refractivity contribution is -0.143. The molecule has 0 aromatic rings. The van der Waals surface area contributed by atoms with E-state index in [1.165, 1.54) is 101 Å². The molecule has 3 heteroatoms. The van der Waals surface area contributed by atoms with Crippen molar-refractivity contribution in [2.24, 2.45) is 10.8 Å². The van der Waals surface area contributed by atoms with E-state index < -0.39 is 5.60 Å². The summed E-state index contributed by atoms with van der Waals surface area (Å²) in [6.07, 6.45) is 27.2. The average molecular weight is 533 g/mol. The van der Waals surface area contributed by atoms with Crippen LogP contribution in [0.4, 0.5) is 0 Å². The van der Waals surface area contributed by atoms with Crippen molar-refractivity contribution in [3.8, 4) is 0 Å². The molecule has 1 rings (SSSR count). The highest BCUT2D eigenvalue weighted by Crippen LogP contribution is 2.46. The summed E-state index contributed by atoms with van der Waals surface area (Å²) in [5.74, 6) is -0.100. The van der Waals surface area contributed by atoms with E-state index in [2.05, 4.69) is 54.5 Å². The largest absolute Gasteiger partial charge is 0.466 e. The van der Waals surface area contributed by atoms with Crippen molar-refractivity contribution >= 4 is 5.97 Å². The van der Waals surface area contributed by atoms with Gasteiger partial charge in [-0.3, -0.25) is 4.79 Å². The first-order valence-electron chi connectivity index (χ1n) is 16.2. The lowest BCUT2D eigenvalue weighted by Gasteiger charge is -2.44. The van der Waals surface area contributed by atoms with Gasteiger partial charge in [0.25, 0.3) is 0 Å². The number of aliphatic hydroxyl groups is 1. The van der Waals surface area contributed by atoms with Crippen LogP contribution in [0, 0.1) is 10.8 Å². The van der Waals surface area contributed by atoms with Gasteiger partial charge in [-0.25, -0.2) is 0 Å². The molecule has 0 spiro atoms. The molecule has 38 heavy (non-hydrogen) atoms. The zero-order valence-corrected chi connectivity index (χ0v) is 26.6. The number of carbonyl (C=O) groups is 1. The fourth-order valence-electron chi connectivity index (χ4n) is 5.42. The Hall–Kier alpha value is -1.09. The average Bonchev–Trinajstić information content (AvgIpc) is 2.84. The predicted octanol–water partition coefficient (Wildman–Crippen LogP) is 10.7. The first kappa shape index (κ1) is 34.9. The van der Waals surface area contributed by atoms with Crippen LogP contribution in [0.3, 0.4) is 0 Å². The molecule has 3 nitrogen and oxygen atoms in total. The molecule has 0 aromatic carbocycles. The summed E-state index contributed by atoms with van der Waals surface area (Å²) in [6.45, 7) is 15.7. The third-order valence-corrected chi connectivity index (χ3v) is 8.46. The van der Waals surface area contributed by atoms with Crippen LogP contribution in [0.5, 0.6) is 0 Å². The molecule has 0 saturated carbocycles. The van der Waals surface area contributed by atoms with Crippen molar-refractivity contribution in [3.05, 3.63) is 23.3 Å². The van der Waals surface area contributed by atoms with Crippen molar-refractivity contribution in [1.29, 1.82) is 0 Å². The van der Waals surface area contributed by atoms with Crippen LogP contribution in [0.25, 0.3) is 0 Å². The Morgan fingerprint density at radius 1 is 0.789 bits per heavy atom. The number of carbonyl (C=O) groups excluding carboxylic acids is 1. The fraction of sp³-hybridized carbons (Fsp3) is 0.857. The highest BCUT2D eigenvalue weighted by molar-refractivity contribution is 5.70. The third kappa shape index (κ3) is 14.3. The van der Waals surface area contributed by atoms with Gasteiger partial charge in [-0.2, -0.15) is 0 Å². The van der Waals surface area contributed by atoms with Crippen molar-refractivity contribution in [3.63, 3.8) is 0 Å². The minimum Gasteiger partial charge on any atom is -0.466 e. The van der Waals surface area contributed by atoms with Crippen LogP contribution in [-0.2, 0) is 9.53 Å². The molecular formula is C35H64O3. The Morgan fingerprint density at radius 2 is 1.24 bits per heavy atom. The summed E-state index contributed by atoms with van der Waals surface area (Å²) in [4.78, 5) is 12.4. The van der Waals surface area contributed by atoms with Crippen LogP contribution in [0.2, 0.25) is 0 Å². The molecule has 0 amide bonds. The summed E-state index contributed by atoms with van der Waals surface area (Å²) in [7, 11) is 0. The predicted molar refractivity (Wildman–Crippen MR) is 164 cm³/mol. The molecule has 0 saturated heterocycles. The number of hydrogen-bond acceptors (Lipinski definition) is 3. The van der Waals surface area contributed by atoms with E-state index >= 15 is 0 Å². The second kappa shape index (κ2) is 18.3. The zero-order chi connectivity index (χ0) is 28.5. The van der Waals surface area contributed by atoms with E-state index in [4.69, 9.17) is 4.74 Å². The first-order valence-corrected chi connectivity index (χ1v) is 16.2. The van der Waals surface area contributed by atoms with E-state index in [-0.39, 0.29) is 16.8 Å². The maximum absolute atomic E-state index is 12.4. The number of esters is 1. The number of allylic oxidation sites excluding steroid dienone is 2. The van der Waals surface area contributed by atoms with Gasteiger partial charge in [0.2, 0.25) is 0 Å². The number of unbranched alkanes of at least 4 members (excludes halogenated alkanes) is 15. The summed E-state index contributed by atoms with van der Waals surface area (Å²) in [6, 6.07) is 0. The molecule has 222 valence electrons. The molecule has 0 heterocycles. The van der Waals surface area contributed by atoms with Crippen LogP contribution in [0.1, 0.15) is 170 Å². The summed E-state index contributed by atoms with van der Waals surface area (Å²) >= 11 is 0. The Labute approximate surface area is 237 Å². The Bertz CT molecular complexity index is 704. The highest BCUT2D eigenvalue weighted by Gasteiger charge is 2.42. The normalized spacial score (nSPS) is 18.3. The summed E-state index contributed by atoms with van der Waals surface area (Å²) in [5, 5.41) is 11.2. The Morgan fingerprint density at radius 3 is 1.66 bits per heavy atom. The molecule has 1 atom stereocenters. The maximum atomic E-state index is 12.4. The smallest absolute Gasteiger partial charge is 0.306 e. The minimum atomic E-state index is -0.854. The van der Waals surface area contributed by atoms with E-state index in [0.717, 1.165) is 12.8 Å². The molecule has 1 N–H and O–H groups in total. The van der Waals surface area contributed by atoms with Gasteiger partial charge < -0.3 is 9.84 Å². The second-order valence-electron chi connectivity index (χ2n) is 14.0. The SMILES string of the molecule is CCCCCCCCCCCCCCCCCCOC(=O)CCC1=C(C(C)(C)C)CC(O)(C(C)(C)C)C=C1. The van der Waals surface area contributed by atoms with Gasteiger partial charge in [-0.15, -0.1) is 0 Å². The van der Waals surface area contributed by atoms with Crippen molar-refractivity contribution in [1.82, 2.24) is 0 Å². The van der Waals surface area contributed by atoms with E-state index in [0.29, 0.717) is 25.9 Å². The zero-order valence-electron chi connectivity index (χ0n) is 26.6. The fourth-order valence-corrected chi connectivity index (χ4v) is 5.42. The van der Waals surface area contributed by atoms with Crippen LogP contribution >= 0.6 is 0 Å². The maximum Gasteiger partial charge on any atom is 0.306 e. The van der Waals surface area contributed by atoms with Gasteiger partial charge in [0, 0.05) is 12.8 Å². The quantitative estimate of drug-likeness (QED) is 0.125. The topological polar surface area (TPSA) is 46.5 Å². The minimum absolute atomic E-state index is 0.0449. The number of hydrogen-bond donors (Lipinski definition) is 1. The van der Waals surface area contributed by atoms with Crippen LogP contribution in [-0.4, -0.2) is 23.3 Å². The van der Waals surface area contributed by atoms with Gasteiger partial charge in [-0.1, -0.05) is 163 Å². The Kier molecular flexibility index (Phi) is 16.8. The molecule has 0 aliphatic heterocycles. The van der Waals surface area contributed by atoms with Crippen molar-refractivity contribution in [2.75, 3.05) is 6.61 Å². The summed E-state index contributed by atoms with van der Waals surface area (Å²) < 4.78 is 5.53. The number of ether oxygens (including phenoxy) is 1. The molecule has 1 unspecified atom stereocenters. The molecular weight excluding hydrogens is 468 g/mol. The standard InChI is InChI=1S/C35H64O3/c1-8-9-10-11-12-13-14-15-16-17-18-19-20-21-22-23-28-38-32(36)25-24-30-26-27-35(37,34(5,6)7)29-31(30)33(2,3)4/h26-27,37H,8-25,28-29H2,1-7H3. The molecule has 0 fully saturated rings.